The summed E-state index contributed by atoms with van der Waals surface area (Å²) < 4.78 is 13.5. The van der Waals surface area contributed by atoms with Crippen LogP contribution in [0.4, 0.5) is 5.69 Å². The molecule has 0 bridgehead atoms. The van der Waals surface area contributed by atoms with E-state index in [4.69, 9.17) is 9.47 Å². The molecule has 214 valence electrons. The Labute approximate surface area is 235 Å². The molecule has 3 saturated heterocycles. The van der Waals surface area contributed by atoms with Gasteiger partial charge >= 0.3 is 5.97 Å². The van der Waals surface area contributed by atoms with Gasteiger partial charge in [0.2, 0.25) is 5.91 Å². The second kappa shape index (κ2) is 10.8. The smallest absolute Gasteiger partial charge is 0.335 e. The molecule has 5 atom stereocenters. The minimum absolute atomic E-state index is 0.0292. The summed E-state index contributed by atoms with van der Waals surface area (Å²) in [5.74, 6) is -0.784. The van der Waals surface area contributed by atoms with E-state index < -0.39 is 17.2 Å². The Bertz CT molecular complexity index is 1280. The largest absolute Gasteiger partial charge is 0.458 e. The summed E-state index contributed by atoms with van der Waals surface area (Å²) in [6, 6.07) is 12.2. The van der Waals surface area contributed by atoms with Gasteiger partial charge in [-0.1, -0.05) is 0 Å². The predicted molar refractivity (Wildman–Crippen MR) is 148 cm³/mol. The van der Waals surface area contributed by atoms with Gasteiger partial charge in [0.1, 0.15) is 11.8 Å². The van der Waals surface area contributed by atoms with Crippen molar-refractivity contribution >= 4 is 17.6 Å². The third kappa shape index (κ3) is 5.57. The van der Waals surface area contributed by atoms with Crippen molar-refractivity contribution in [3.05, 3.63) is 41.7 Å². The van der Waals surface area contributed by atoms with Crippen LogP contribution in [0, 0.1) is 31.1 Å². The Morgan fingerprint density at radius 2 is 2.02 bits per heavy atom. The molecule has 11 nitrogen and oxygen atoms in total. The molecule has 0 radical (unpaired) electrons. The number of esters is 1. The maximum Gasteiger partial charge on any atom is 0.335 e. The molecule has 4 heterocycles. The molecular weight excluding hydrogens is 510 g/mol. The van der Waals surface area contributed by atoms with Gasteiger partial charge in [-0.15, -0.1) is 0 Å². The molecule has 40 heavy (non-hydrogen) atoms. The Morgan fingerprint density at radius 1 is 1.27 bits per heavy atom. The number of ether oxygens (including phenoxy) is 2. The van der Waals surface area contributed by atoms with Crippen molar-refractivity contribution in [1.29, 1.82) is 5.26 Å². The highest BCUT2D eigenvalue weighted by atomic mass is 16.6. The van der Waals surface area contributed by atoms with Crippen LogP contribution >= 0.6 is 0 Å². The Kier molecular flexibility index (Phi) is 7.61. The van der Waals surface area contributed by atoms with Crippen molar-refractivity contribution in [2.45, 2.75) is 89.8 Å². The number of hydrazine groups is 1. The molecule has 5 rings (SSSR count). The molecule has 0 aliphatic carbocycles. The van der Waals surface area contributed by atoms with E-state index in [2.05, 4.69) is 32.2 Å². The number of nitrogens with one attached hydrogen (secondary N) is 3. The summed E-state index contributed by atoms with van der Waals surface area (Å²) in [6.07, 6.45) is 0.880. The minimum atomic E-state index is -0.677. The summed E-state index contributed by atoms with van der Waals surface area (Å²) in [4.78, 5) is 25.8. The van der Waals surface area contributed by atoms with E-state index in [1.54, 1.807) is 0 Å². The number of anilines is 1. The average molecular weight is 550 g/mol. The quantitative estimate of drug-likeness (QED) is 0.465. The number of hydrogen-bond donors (Lipinski definition) is 3. The lowest BCUT2D eigenvalue weighted by atomic mass is 9.83. The number of carbonyl (C=O) groups is 2. The van der Waals surface area contributed by atoms with E-state index in [0.29, 0.717) is 19.4 Å². The zero-order valence-electron chi connectivity index (χ0n) is 23.9. The third-order valence-electron chi connectivity index (χ3n) is 7.88. The lowest BCUT2D eigenvalue weighted by molar-refractivity contribution is -0.180. The molecule has 1 aromatic carbocycles. The van der Waals surface area contributed by atoms with Crippen molar-refractivity contribution in [2.24, 2.45) is 5.92 Å². The molecule has 0 spiro atoms. The fourth-order valence-electron chi connectivity index (χ4n) is 6.11. The molecule has 3 fully saturated rings. The van der Waals surface area contributed by atoms with Gasteiger partial charge in [0.05, 0.1) is 41.9 Å². The summed E-state index contributed by atoms with van der Waals surface area (Å²) in [5.41, 5.74) is 6.10. The molecule has 1 aromatic heterocycles. The summed E-state index contributed by atoms with van der Waals surface area (Å²) >= 11 is 0. The number of aryl methyl sites for hydroxylation is 2. The molecule has 3 aliphatic rings. The number of nitrogens with zero attached hydrogens (tertiary/aromatic N) is 4. The lowest BCUT2D eigenvalue weighted by Crippen LogP contribution is -2.63. The molecule has 11 heteroatoms. The van der Waals surface area contributed by atoms with Crippen LogP contribution < -0.4 is 16.1 Å². The van der Waals surface area contributed by atoms with Gasteiger partial charge in [0.25, 0.3) is 0 Å². The van der Waals surface area contributed by atoms with Gasteiger partial charge in [0.15, 0.2) is 6.10 Å². The first-order chi connectivity index (χ1) is 19.0. The van der Waals surface area contributed by atoms with Crippen LogP contribution in [0.5, 0.6) is 0 Å². The molecule has 3 aliphatic heterocycles. The van der Waals surface area contributed by atoms with Gasteiger partial charge in [-0.05, 0) is 84.2 Å². The maximum absolute atomic E-state index is 13.1. The molecule has 3 N–H and O–H groups in total. The number of hydrogen-bond acceptors (Lipinski definition) is 9. The highest BCUT2D eigenvalue weighted by Crippen LogP contribution is 2.40. The topological polar surface area (TPSA) is 134 Å². The number of carbonyl (C=O) groups excluding carboxylic acids is 2. The second-order valence-corrected chi connectivity index (χ2v) is 12.1. The molecular formula is C29H39N7O4. The average Bonchev–Trinajstić information content (AvgIpc) is 3.44. The number of aromatic nitrogens is 2. The summed E-state index contributed by atoms with van der Waals surface area (Å²) in [7, 11) is 0. The van der Waals surface area contributed by atoms with E-state index in [-0.39, 0.29) is 43.0 Å². The fourth-order valence-corrected chi connectivity index (χ4v) is 6.11. The van der Waals surface area contributed by atoms with Crippen LogP contribution in [0.1, 0.15) is 57.8 Å². The van der Waals surface area contributed by atoms with Crippen molar-refractivity contribution in [1.82, 2.24) is 25.5 Å². The summed E-state index contributed by atoms with van der Waals surface area (Å²) in [6.45, 7) is 10.2. The number of fused-ring (bicyclic) bond motifs is 1. The van der Waals surface area contributed by atoms with E-state index in [9.17, 15) is 14.9 Å². The van der Waals surface area contributed by atoms with Crippen LogP contribution in [0.15, 0.2) is 30.3 Å². The Morgan fingerprint density at radius 3 is 2.62 bits per heavy atom. The predicted octanol–water partition coefficient (Wildman–Crippen LogP) is 2.73. The highest BCUT2D eigenvalue weighted by Gasteiger charge is 2.56. The number of nitriles is 1. The normalized spacial score (nSPS) is 28.9. The summed E-state index contributed by atoms with van der Waals surface area (Å²) in [5, 5.41) is 23.0. The second-order valence-electron chi connectivity index (χ2n) is 12.1. The first-order valence-electron chi connectivity index (χ1n) is 13.9. The molecule has 2 aromatic rings. The lowest BCUT2D eigenvalue weighted by Gasteiger charge is -2.47. The van der Waals surface area contributed by atoms with Crippen LogP contribution in [-0.2, 0) is 19.1 Å². The maximum atomic E-state index is 13.1. The third-order valence-corrected chi connectivity index (χ3v) is 7.88. The number of amides is 1. The van der Waals surface area contributed by atoms with Gasteiger partial charge in [-0.3, -0.25) is 4.79 Å². The zero-order chi connectivity index (χ0) is 28.7. The zero-order valence-corrected chi connectivity index (χ0v) is 23.9. The molecule has 1 amide bonds. The standard InChI is InChI=1S/C29H39N7O4/c1-18-16-19(2)35(33-18)21-8-6-20(7-9-21)32-25-24-22(11-15-31-26(24)37)36(34-25)29(13-14-30)12-10-23(39-17-29)27(38)40-28(3,4)5/h6-9,16,22-25,32,34H,10-13,15,17H2,1-5H3,(H,31,37)/t22?,23-,24?,25?,29-/m0/s1. The molecule has 0 saturated carbocycles. The Hall–Kier alpha value is -3.46. The van der Waals surface area contributed by atoms with E-state index in [1.807, 2.05) is 69.6 Å². The van der Waals surface area contributed by atoms with E-state index >= 15 is 0 Å². The fraction of sp³-hybridized carbons (Fsp3) is 0.586. The van der Waals surface area contributed by atoms with Crippen molar-refractivity contribution < 1.29 is 19.1 Å². The van der Waals surface area contributed by atoms with E-state index in [1.165, 1.54) is 0 Å². The van der Waals surface area contributed by atoms with Crippen LogP contribution in [-0.4, -0.2) is 69.3 Å². The van der Waals surface area contributed by atoms with Crippen molar-refractivity contribution in [2.75, 3.05) is 18.5 Å². The Balaban J connectivity index is 1.34. The van der Waals surface area contributed by atoms with Gasteiger partial charge in [0, 0.05) is 24.0 Å². The SMILES string of the molecule is Cc1cc(C)n(-c2ccc(NC3NN([C@]4(CC#N)CC[C@@H](C(=O)OC(C)(C)C)OC4)C4CCNC(=O)C34)cc2)n1. The first kappa shape index (κ1) is 28.1. The van der Waals surface area contributed by atoms with E-state index in [0.717, 1.165) is 29.2 Å². The van der Waals surface area contributed by atoms with Gasteiger partial charge < -0.3 is 20.1 Å². The monoisotopic (exact) mass is 549 g/mol. The van der Waals surface area contributed by atoms with Crippen LogP contribution in [0.2, 0.25) is 0 Å². The highest BCUT2D eigenvalue weighted by molar-refractivity contribution is 5.82. The number of piperidine rings is 1. The van der Waals surface area contributed by atoms with Crippen molar-refractivity contribution in [3.63, 3.8) is 0 Å². The van der Waals surface area contributed by atoms with Crippen LogP contribution in [0.25, 0.3) is 5.69 Å². The minimum Gasteiger partial charge on any atom is -0.458 e. The molecule has 3 unspecified atom stereocenters. The van der Waals surface area contributed by atoms with Gasteiger partial charge in [-0.2, -0.15) is 10.4 Å². The number of benzene rings is 1. The first-order valence-corrected chi connectivity index (χ1v) is 13.9. The number of rotatable bonds is 6. The van der Waals surface area contributed by atoms with Crippen LogP contribution in [0.3, 0.4) is 0 Å². The van der Waals surface area contributed by atoms with Gasteiger partial charge in [-0.25, -0.2) is 19.9 Å². The van der Waals surface area contributed by atoms with Crippen molar-refractivity contribution in [3.8, 4) is 11.8 Å².